The Morgan fingerprint density at radius 3 is 2.65 bits per heavy atom. The van der Waals surface area contributed by atoms with Crippen molar-refractivity contribution in [3.05, 3.63) is 65.2 Å². The summed E-state index contributed by atoms with van der Waals surface area (Å²) in [6.45, 7) is 3.03. The highest BCUT2D eigenvalue weighted by molar-refractivity contribution is 6.07. The van der Waals surface area contributed by atoms with Crippen LogP contribution < -0.4 is 10.2 Å². The minimum atomic E-state index is 0.0269. The molecule has 3 rings (SSSR count). The summed E-state index contributed by atoms with van der Waals surface area (Å²) in [4.78, 5) is 25.9. The van der Waals surface area contributed by atoms with Crippen molar-refractivity contribution in [3.8, 4) is 0 Å². The summed E-state index contributed by atoms with van der Waals surface area (Å²) < 4.78 is 0. The first kappa shape index (κ1) is 15.3. The molecule has 0 bridgehead atoms. The summed E-state index contributed by atoms with van der Waals surface area (Å²) in [6, 6.07) is 15.4. The van der Waals surface area contributed by atoms with E-state index in [2.05, 4.69) is 11.4 Å². The largest absolute Gasteiger partial charge is 0.352 e. The van der Waals surface area contributed by atoms with E-state index in [1.807, 2.05) is 54.3 Å². The molecule has 0 unspecified atom stereocenters. The Labute approximate surface area is 136 Å². The summed E-state index contributed by atoms with van der Waals surface area (Å²) in [5.41, 5.74) is 3.85. The second-order valence-electron chi connectivity index (χ2n) is 5.67. The predicted octanol–water partition coefficient (Wildman–Crippen LogP) is 2.92. The van der Waals surface area contributed by atoms with Gasteiger partial charge < -0.3 is 10.2 Å². The zero-order valence-corrected chi connectivity index (χ0v) is 13.2. The van der Waals surface area contributed by atoms with E-state index in [9.17, 15) is 9.59 Å². The average molecular weight is 308 g/mol. The fourth-order valence-electron chi connectivity index (χ4n) is 2.81. The normalized spacial score (nSPS) is 12.8. The first-order valence-corrected chi connectivity index (χ1v) is 7.94. The molecule has 1 N–H and O–H groups in total. The quantitative estimate of drug-likeness (QED) is 0.944. The maximum Gasteiger partial charge on any atom is 0.258 e. The first-order valence-electron chi connectivity index (χ1n) is 7.94. The highest BCUT2D eigenvalue weighted by Crippen LogP contribution is 2.30. The molecule has 4 heteroatoms. The maximum atomic E-state index is 12.7. The zero-order chi connectivity index (χ0) is 16.2. The Kier molecular flexibility index (Phi) is 4.42. The van der Waals surface area contributed by atoms with E-state index in [0.29, 0.717) is 25.1 Å². The van der Waals surface area contributed by atoms with Crippen LogP contribution in [0.15, 0.2) is 48.5 Å². The zero-order valence-electron chi connectivity index (χ0n) is 13.2. The number of amides is 2. The summed E-state index contributed by atoms with van der Waals surface area (Å²) in [6.07, 6.45) is 1.35. The third kappa shape index (κ3) is 3.26. The molecule has 0 radical (unpaired) electrons. The number of hydrogen-bond donors (Lipinski definition) is 1. The van der Waals surface area contributed by atoms with Crippen molar-refractivity contribution in [2.75, 3.05) is 11.4 Å². The molecule has 23 heavy (non-hydrogen) atoms. The van der Waals surface area contributed by atoms with Crippen LogP contribution in [0.3, 0.4) is 0 Å². The Morgan fingerprint density at radius 2 is 1.91 bits per heavy atom. The SMILES string of the molecule is CCC(=O)NCc1ccc2c(c1)N(C(=O)c1ccccc1)CC2. The molecule has 2 aromatic carbocycles. The van der Waals surface area contributed by atoms with Gasteiger partial charge in [-0.15, -0.1) is 0 Å². The van der Waals surface area contributed by atoms with Crippen LogP contribution in [0, 0.1) is 0 Å². The molecule has 0 aliphatic carbocycles. The number of benzene rings is 2. The Balaban J connectivity index is 1.81. The lowest BCUT2D eigenvalue weighted by atomic mass is 10.1. The maximum absolute atomic E-state index is 12.7. The highest BCUT2D eigenvalue weighted by Gasteiger charge is 2.25. The van der Waals surface area contributed by atoms with Gasteiger partial charge in [-0.25, -0.2) is 0 Å². The second-order valence-corrected chi connectivity index (χ2v) is 5.67. The van der Waals surface area contributed by atoms with Crippen LogP contribution >= 0.6 is 0 Å². The Hall–Kier alpha value is -2.62. The number of rotatable bonds is 4. The molecule has 118 valence electrons. The molecule has 2 amide bonds. The van der Waals surface area contributed by atoms with Crippen molar-refractivity contribution in [3.63, 3.8) is 0 Å². The van der Waals surface area contributed by atoms with Gasteiger partial charge in [-0.2, -0.15) is 0 Å². The topological polar surface area (TPSA) is 49.4 Å². The lowest BCUT2D eigenvalue weighted by Crippen LogP contribution is -2.29. The number of fused-ring (bicyclic) bond motifs is 1. The fraction of sp³-hybridized carbons (Fsp3) is 0.263. The van der Waals surface area contributed by atoms with Crippen LogP contribution in [-0.4, -0.2) is 18.4 Å². The van der Waals surface area contributed by atoms with E-state index in [0.717, 1.165) is 17.7 Å². The van der Waals surface area contributed by atoms with E-state index in [1.165, 1.54) is 5.56 Å². The van der Waals surface area contributed by atoms with Gasteiger partial charge in [0.1, 0.15) is 0 Å². The predicted molar refractivity (Wildman–Crippen MR) is 90.4 cm³/mol. The molecule has 1 aliphatic rings. The minimum Gasteiger partial charge on any atom is -0.352 e. The van der Waals surface area contributed by atoms with Gasteiger partial charge in [-0.05, 0) is 35.7 Å². The summed E-state index contributed by atoms with van der Waals surface area (Å²) in [5.74, 6) is 0.0572. The van der Waals surface area contributed by atoms with Crippen LogP contribution in [0.5, 0.6) is 0 Å². The van der Waals surface area contributed by atoms with Crippen molar-refractivity contribution >= 4 is 17.5 Å². The average Bonchev–Trinajstić information content (AvgIpc) is 3.02. The number of hydrogen-bond acceptors (Lipinski definition) is 2. The molecule has 0 aromatic heterocycles. The molecule has 0 atom stereocenters. The lowest BCUT2D eigenvalue weighted by molar-refractivity contribution is -0.120. The third-order valence-corrected chi connectivity index (χ3v) is 4.12. The van der Waals surface area contributed by atoms with Crippen molar-refractivity contribution < 1.29 is 9.59 Å². The highest BCUT2D eigenvalue weighted by atomic mass is 16.2. The molecule has 0 fully saturated rings. The number of carbonyl (C=O) groups is 2. The third-order valence-electron chi connectivity index (χ3n) is 4.12. The smallest absolute Gasteiger partial charge is 0.258 e. The summed E-state index contributed by atoms with van der Waals surface area (Å²) in [7, 11) is 0. The Morgan fingerprint density at radius 1 is 1.13 bits per heavy atom. The molecule has 1 heterocycles. The van der Waals surface area contributed by atoms with Crippen molar-refractivity contribution in [2.45, 2.75) is 26.3 Å². The minimum absolute atomic E-state index is 0.0269. The molecule has 0 saturated heterocycles. The van der Waals surface area contributed by atoms with Crippen molar-refractivity contribution in [1.29, 1.82) is 0 Å². The van der Waals surface area contributed by atoms with Gasteiger partial charge in [0, 0.05) is 30.8 Å². The molecule has 4 nitrogen and oxygen atoms in total. The summed E-state index contributed by atoms with van der Waals surface area (Å²) in [5, 5.41) is 2.87. The molecule has 0 saturated carbocycles. The van der Waals surface area contributed by atoms with E-state index in [-0.39, 0.29) is 11.8 Å². The number of anilines is 1. The Bertz CT molecular complexity index is 725. The van der Waals surface area contributed by atoms with Crippen LogP contribution in [0.1, 0.15) is 34.8 Å². The van der Waals surface area contributed by atoms with Crippen LogP contribution in [0.4, 0.5) is 5.69 Å². The van der Waals surface area contributed by atoms with Crippen molar-refractivity contribution in [2.24, 2.45) is 0 Å². The van der Waals surface area contributed by atoms with Gasteiger partial charge in [-0.3, -0.25) is 9.59 Å². The van der Waals surface area contributed by atoms with Gasteiger partial charge in [0.05, 0.1) is 0 Å². The molecular weight excluding hydrogens is 288 g/mol. The lowest BCUT2D eigenvalue weighted by Gasteiger charge is -2.18. The standard InChI is InChI=1S/C19H20N2O2/c1-2-18(22)20-13-14-8-9-15-10-11-21(17(15)12-14)19(23)16-6-4-3-5-7-16/h3-9,12H,2,10-11,13H2,1H3,(H,20,22). The van der Waals surface area contributed by atoms with Crippen molar-refractivity contribution in [1.82, 2.24) is 5.32 Å². The number of carbonyl (C=O) groups excluding carboxylic acids is 2. The van der Waals surface area contributed by atoms with Crippen LogP contribution in [-0.2, 0) is 17.8 Å². The fourth-order valence-corrected chi connectivity index (χ4v) is 2.81. The van der Waals surface area contributed by atoms with Crippen LogP contribution in [0.2, 0.25) is 0 Å². The second kappa shape index (κ2) is 6.65. The monoisotopic (exact) mass is 308 g/mol. The first-order chi connectivity index (χ1) is 11.2. The number of nitrogens with one attached hydrogen (secondary N) is 1. The van der Waals surface area contributed by atoms with Gasteiger partial charge in [0.25, 0.3) is 5.91 Å². The molecule has 2 aromatic rings. The van der Waals surface area contributed by atoms with Gasteiger partial charge in [0.2, 0.25) is 5.91 Å². The van der Waals surface area contributed by atoms with E-state index in [4.69, 9.17) is 0 Å². The molecule has 1 aliphatic heterocycles. The van der Waals surface area contributed by atoms with E-state index >= 15 is 0 Å². The van der Waals surface area contributed by atoms with Gasteiger partial charge >= 0.3 is 0 Å². The molecular formula is C19H20N2O2. The van der Waals surface area contributed by atoms with E-state index < -0.39 is 0 Å². The number of nitrogens with zero attached hydrogens (tertiary/aromatic N) is 1. The van der Waals surface area contributed by atoms with Crippen LogP contribution in [0.25, 0.3) is 0 Å². The van der Waals surface area contributed by atoms with Gasteiger partial charge in [-0.1, -0.05) is 37.3 Å². The molecule has 0 spiro atoms. The van der Waals surface area contributed by atoms with E-state index in [1.54, 1.807) is 0 Å². The van der Waals surface area contributed by atoms with Gasteiger partial charge in [0.15, 0.2) is 0 Å². The summed E-state index contributed by atoms with van der Waals surface area (Å²) >= 11 is 0.